The Bertz CT molecular complexity index is 227. The number of carbonyl (C=O) groups excluding carboxylic acids is 1. The van der Waals surface area contributed by atoms with Crippen LogP contribution in [0.3, 0.4) is 0 Å². The molecule has 0 saturated carbocycles. The molecule has 1 unspecified atom stereocenters. The molecule has 15 heavy (non-hydrogen) atoms. The van der Waals surface area contributed by atoms with Crippen LogP contribution in [0.4, 0.5) is 0 Å². The first-order valence-electron chi connectivity index (χ1n) is 5.77. The summed E-state index contributed by atoms with van der Waals surface area (Å²) in [5, 5.41) is 0. The highest BCUT2D eigenvalue weighted by Crippen LogP contribution is 2.30. The second-order valence-corrected chi connectivity index (χ2v) is 5.07. The molecule has 3 nitrogen and oxygen atoms in total. The van der Waals surface area contributed by atoms with E-state index < -0.39 is 11.2 Å². The second-order valence-electron chi connectivity index (χ2n) is 5.07. The number of ether oxygens (including phenoxy) is 2. The van der Waals surface area contributed by atoms with Gasteiger partial charge in [0.05, 0.1) is 12.0 Å². The number of esters is 1. The predicted octanol–water partition coefficient (Wildman–Crippen LogP) is 2.88. The zero-order valence-electron chi connectivity index (χ0n) is 10.3. The first kappa shape index (κ1) is 12.5. The molecule has 3 heteroatoms. The van der Waals surface area contributed by atoms with Gasteiger partial charge in [-0.25, -0.2) is 0 Å². The first-order valence-corrected chi connectivity index (χ1v) is 5.77. The highest BCUT2D eigenvalue weighted by molar-refractivity contribution is 5.76. The summed E-state index contributed by atoms with van der Waals surface area (Å²) in [6.45, 7) is 8.35. The lowest BCUT2D eigenvalue weighted by Crippen LogP contribution is -2.41. The van der Waals surface area contributed by atoms with E-state index in [9.17, 15) is 4.79 Å². The van der Waals surface area contributed by atoms with Gasteiger partial charge < -0.3 is 9.47 Å². The molecule has 1 atom stereocenters. The standard InChI is InChI=1S/C12H22O3/c1-5-11(2,3)10(13)15-12(4)8-6-7-9-14-12/h5-9H2,1-4H3. The van der Waals surface area contributed by atoms with Crippen LogP contribution < -0.4 is 0 Å². The zero-order valence-corrected chi connectivity index (χ0v) is 10.3. The van der Waals surface area contributed by atoms with Gasteiger partial charge in [0.15, 0.2) is 0 Å². The van der Waals surface area contributed by atoms with Crippen LogP contribution in [0.15, 0.2) is 0 Å². The summed E-state index contributed by atoms with van der Waals surface area (Å²) >= 11 is 0. The highest BCUT2D eigenvalue weighted by atomic mass is 16.7. The third-order valence-corrected chi connectivity index (χ3v) is 3.18. The van der Waals surface area contributed by atoms with Crippen LogP contribution in [0.2, 0.25) is 0 Å². The average molecular weight is 214 g/mol. The maximum absolute atomic E-state index is 11.9. The molecule has 0 aromatic rings. The molecule has 1 fully saturated rings. The van der Waals surface area contributed by atoms with Gasteiger partial charge in [-0.2, -0.15) is 0 Å². The smallest absolute Gasteiger partial charge is 0.313 e. The number of hydrogen-bond donors (Lipinski definition) is 0. The number of carbonyl (C=O) groups is 1. The van der Waals surface area contributed by atoms with E-state index in [-0.39, 0.29) is 5.97 Å². The van der Waals surface area contributed by atoms with Gasteiger partial charge in [0, 0.05) is 13.3 Å². The van der Waals surface area contributed by atoms with Gasteiger partial charge in [-0.05, 0) is 33.1 Å². The molecule has 0 N–H and O–H groups in total. The van der Waals surface area contributed by atoms with E-state index >= 15 is 0 Å². The minimum absolute atomic E-state index is 0.158. The Kier molecular flexibility index (Phi) is 3.77. The fourth-order valence-corrected chi connectivity index (χ4v) is 1.47. The van der Waals surface area contributed by atoms with Gasteiger partial charge in [0.2, 0.25) is 5.79 Å². The molecule has 0 aromatic heterocycles. The number of rotatable bonds is 3. The fourth-order valence-electron chi connectivity index (χ4n) is 1.47. The summed E-state index contributed by atoms with van der Waals surface area (Å²) in [6, 6.07) is 0. The third-order valence-electron chi connectivity index (χ3n) is 3.18. The Hall–Kier alpha value is -0.570. The Morgan fingerprint density at radius 1 is 1.47 bits per heavy atom. The number of hydrogen-bond acceptors (Lipinski definition) is 3. The zero-order chi connectivity index (χ0) is 11.5. The Morgan fingerprint density at radius 2 is 2.13 bits per heavy atom. The van der Waals surface area contributed by atoms with Crippen molar-refractivity contribution in [2.75, 3.05) is 6.61 Å². The maximum atomic E-state index is 11.9. The molecule has 0 aliphatic carbocycles. The van der Waals surface area contributed by atoms with Crippen LogP contribution >= 0.6 is 0 Å². The van der Waals surface area contributed by atoms with Crippen molar-refractivity contribution < 1.29 is 14.3 Å². The van der Waals surface area contributed by atoms with Gasteiger partial charge >= 0.3 is 5.97 Å². The Balaban J connectivity index is 2.56. The molecule has 1 aliphatic rings. The summed E-state index contributed by atoms with van der Waals surface area (Å²) in [5.74, 6) is -0.851. The van der Waals surface area contributed by atoms with Crippen molar-refractivity contribution in [3.8, 4) is 0 Å². The quantitative estimate of drug-likeness (QED) is 0.678. The molecular weight excluding hydrogens is 192 g/mol. The largest absolute Gasteiger partial charge is 0.433 e. The molecule has 0 radical (unpaired) electrons. The molecule has 1 heterocycles. The van der Waals surface area contributed by atoms with Gasteiger partial charge in [-0.3, -0.25) is 4.79 Å². The van der Waals surface area contributed by atoms with Crippen LogP contribution in [0.1, 0.15) is 53.4 Å². The monoisotopic (exact) mass is 214 g/mol. The van der Waals surface area contributed by atoms with Gasteiger partial charge in [-0.1, -0.05) is 6.92 Å². The summed E-state index contributed by atoms with van der Waals surface area (Å²) in [6.07, 6.45) is 3.71. The highest BCUT2D eigenvalue weighted by Gasteiger charge is 2.37. The molecule has 0 spiro atoms. The minimum atomic E-state index is -0.693. The molecule has 0 aromatic carbocycles. The lowest BCUT2D eigenvalue weighted by Gasteiger charge is -2.35. The van der Waals surface area contributed by atoms with E-state index in [1.165, 1.54) is 0 Å². The van der Waals surface area contributed by atoms with Crippen molar-refractivity contribution in [3.63, 3.8) is 0 Å². The van der Waals surface area contributed by atoms with E-state index in [4.69, 9.17) is 9.47 Å². The van der Waals surface area contributed by atoms with Crippen LogP contribution in [0.25, 0.3) is 0 Å². The predicted molar refractivity (Wildman–Crippen MR) is 58.4 cm³/mol. The summed E-state index contributed by atoms with van der Waals surface area (Å²) in [7, 11) is 0. The van der Waals surface area contributed by atoms with Crippen molar-refractivity contribution in [3.05, 3.63) is 0 Å². The first-order chi connectivity index (χ1) is 6.90. The van der Waals surface area contributed by atoms with Gasteiger partial charge in [-0.15, -0.1) is 0 Å². The topological polar surface area (TPSA) is 35.5 Å². The fraction of sp³-hybridized carbons (Fsp3) is 0.917. The van der Waals surface area contributed by atoms with Gasteiger partial charge in [0.25, 0.3) is 0 Å². The van der Waals surface area contributed by atoms with Crippen molar-refractivity contribution >= 4 is 5.97 Å². The molecule has 1 rings (SSSR count). The van der Waals surface area contributed by atoms with E-state index in [2.05, 4.69) is 0 Å². The normalized spacial score (nSPS) is 27.5. The van der Waals surface area contributed by atoms with E-state index in [1.54, 1.807) is 0 Å². The molecular formula is C12H22O3. The van der Waals surface area contributed by atoms with Crippen molar-refractivity contribution in [2.45, 2.75) is 59.2 Å². The van der Waals surface area contributed by atoms with Crippen molar-refractivity contribution in [1.29, 1.82) is 0 Å². The van der Waals surface area contributed by atoms with Crippen LogP contribution in [0, 0.1) is 5.41 Å². The van der Waals surface area contributed by atoms with Crippen molar-refractivity contribution in [1.82, 2.24) is 0 Å². The molecule has 1 saturated heterocycles. The Labute approximate surface area is 92.1 Å². The second kappa shape index (κ2) is 4.52. The van der Waals surface area contributed by atoms with E-state index in [1.807, 2.05) is 27.7 Å². The lowest BCUT2D eigenvalue weighted by atomic mass is 9.90. The van der Waals surface area contributed by atoms with Crippen molar-refractivity contribution in [2.24, 2.45) is 5.41 Å². The van der Waals surface area contributed by atoms with E-state index in [0.717, 1.165) is 25.7 Å². The minimum Gasteiger partial charge on any atom is -0.433 e. The van der Waals surface area contributed by atoms with Gasteiger partial charge in [0.1, 0.15) is 0 Å². The summed E-state index contributed by atoms with van der Waals surface area (Å²) < 4.78 is 11.0. The molecule has 88 valence electrons. The van der Waals surface area contributed by atoms with Crippen LogP contribution in [-0.4, -0.2) is 18.4 Å². The SMILES string of the molecule is CCC(C)(C)C(=O)OC1(C)CCCCO1. The average Bonchev–Trinajstić information content (AvgIpc) is 2.18. The third kappa shape index (κ3) is 3.20. The van der Waals surface area contributed by atoms with Crippen LogP contribution in [0.5, 0.6) is 0 Å². The molecule has 0 bridgehead atoms. The van der Waals surface area contributed by atoms with Crippen LogP contribution in [-0.2, 0) is 14.3 Å². The summed E-state index contributed by atoms with van der Waals surface area (Å²) in [4.78, 5) is 11.9. The molecule has 1 aliphatic heterocycles. The maximum Gasteiger partial charge on any atom is 0.313 e. The lowest BCUT2D eigenvalue weighted by molar-refractivity contribution is -0.244. The Morgan fingerprint density at radius 3 is 2.60 bits per heavy atom. The van der Waals surface area contributed by atoms with E-state index in [0.29, 0.717) is 6.61 Å². The summed E-state index contributed by atoms with van der Waals surface area (Å²) in [5.41, 5.74) is -0.413. The molecule has 0 amide bonds.